The van der Waals surface area contributed by atoms with Gasteiger partial charge in [0.25, 0.3) is 0 Å². The Bertz CT molecular complexity index is 562. The van der Waals surface area contributed by atoms with Crippen LogP contribution in [0.15, 0.2) is 11.7 Å². The molecule has 19 heavy (non-hydrogen) atoms. The number of hydrogen-bond donors (Lipinski definition) is 0. The Morgan fingerprint density at radius 1 is 1.53 bits per heavy atom. The van der Waals surface area contributed by atoms with Crippen LogP contribution in [0.1, 0.15) is 22.9 Å². The molecule has 2 aromatic rings. The van der Waals surface area contributed by atoms with E-state index in [0.29, 0.717) is 19.4 Å². The van der Waals surface area contributed by atoms with E-state index in [4.69, 9.17) is 0 Å². The zero-order valence-electron chi connectivity index (χ0n) is 11.3. The fourth-order valence-electron chi connectivity index (χ4n) is 1.71. The summed E-state index contributed by atoms with van der Waals surface area (Å²) < 4.78 is 1.83. The van der Waals surface area contributed by atoms with Gasteiger partial charge in [0.2, 0.25) is 5.91 Å². The number of nitrogens with zero attached hydrogens (tertiary/aromatic N) is 5. The van der Waals surface area contributed by atoms with Gasteiger partial charge in [0.1, 0.15) is 17.2 Å². The maximum Gasteiger partial charge on any atom is 0.223 e. The van der Waals surface area contributed by atoms with Gasteiger partial charge in [0, 0.05) is 38.0 Å². The first-order valence-electron chi connectivity index (χ1n) is 6.04. The second kappa shape index (κ2) is 5.92. The lowest BCUT2D eigenvalue weighted by Gasteiger charge is -2.15. The summed E-state index contributed by atoms with van der Waals surface area (Å²) >= 11 is 1.58. The van der Waals surface area contributed by atoms with Crippen molar-refractivity contribution in [3.05, 3.63) is 28.2 Å². The van der Waals surface area contributed by atoms with Crippen molar-refractivity contribution in [2.24, 2.45) is 7.05 Å². The third-order valence-electron chi connectivity index (χ3n) is 2.83. The van der Waals surface area contributed by atoms with Crippen molar-refractivity contribution in [3.63, 3.8) is 0 Å². The van der Waals surface area contributed by atoms with E-state index < -0.39 is 0 Å². The average molecular weight is 279 g/mol. The van der Waals surface area contributed by atoms with Crippen LogP contribution in [0.3, 0.4) is 0 Å². The molecule has 0 fully saturated rings. The molecule has 7 heteroatoms. The third kappa shape index (κ3) is 3.60. The zero-order valence-corrected chi connectivity index (χ0v) is 12.1. The third-order valence-corrected chi connectivity index (χ3v) is 3.78. The molecular weight excluding hydrogens is 262 g/mol. The van der Waals surface area contributed by atoms with Crippen LogP contribution in [-0.4, -0.2) is 37.6 Å². The molecule has 0 bridgehead atoms. The Morgan fingerprint density at radius 3 is 2.89 bits per heavy atom. The second-order valence-electron chi connectivity index (χ2n) is 4.49. The van der Waals surface area contributed by atoms with Gasteiger partial charge in [0.05, 0.1) is 6.54 Å². The molecule has 0 N–H and O–H groups in total. The minimum atomic E-state index is 0.0934. The SMILES string of the molecule is Cc1csc(CN(C)C(=O)CCc2nncn2C)n1. The van der Waals surface area contributed by atoms with Gasteiger partial charge in [-0.05, 0) is 6.92 Å². The highest BCUT2D eigenvalue weighted by atomic mass is 32.1. The van der Waals surface area contributed by atoms with Crippen LogP contribution in [0.5, 0.6) is 0 Å². The first-order valence-corrected chi connectivity index (χ1v) is 6.92. The maximum atomic E-state index is 12.0. The van der Waals surface area contributed by atoms with Crippen LogP contribution >= 0.6 is 11.3 Å². The van der Waals surface area contributed by atoms with E-state index in [1.165, 1.54) is 0 Å². The molecule has 2 aromatic heterocycles. The first kappa shape index (κ1) is 13.7. The van der Waals surface area contributed by atoms with Crippen molar-refractivity contribution in [1.29, 1.82) is 0 Å². The molecule has 0 saturated heterocycles. The number of carbonyl (C=O) groups excluding carboxylic acids is 1. The lowest BCUT2D eigenvalue weighted by molar-refractivity contribution is -0.130. The van der Waals surface area contributed by atoms with Gasteiger partial charge in [-0.25, -0.2) is 4.98 Å². The average Bonchev–Trinajstić information content (AvgIpc) is 2.95. The molecule has 2 heterocycles. The number of carbonyl (C=O) groups is 1. The minimum absolute atomic E-state index is 0.0934. The molecule has 0 unspecified atom stereocenters. The summed E-state index contributed by atoms with van der Waals surface area (Å²) in [6.07, 6.45) is 2.69. The molecule has 0 aliphatic heterocycles. The van der Waals surface area contributed by atoms with Crippen LogP contribution in [0.2, 0.25) is 0 Å². The Labute approximate surface area is 116 Å². The quantitative estimate of drug-likeness (QED) is 0.824. The van der Waals surface area contributed by atoms with E-state index in [-0.39, 0.29) is 5.91 Å². The van der Waals surface area contributed by atoms with Crippen molar-refractivity contribution in [1.82, 2.24) is 24.6 Å². The number of amides is 1. The van der Waals surface area contributed by atoms with Gasteiger partial charge >= 0.3 is 0 Å². The number of aryl methyl sites for hydroxylation is 3. The summed E-state index contributed by atoms with van der Waals surface area (Å²) in [6.45, 7) is 2.52. The molecule has 0 aliphatic carbocycles. The normalized spacial score (nSPS) is 10.7. The smallest absolute Gasteiger partial charge is 0.223 e. The first-order chi connectivity index (χ1) is 9.06. The fraction of sp³-hybridized carbons (Fsp3) is 0.500. The van der Waals surface area contributed by atoms with Gasteiger partial charge in [-0.1, -0.05) is 0 Å². The molecule has 0 atom stereocenters. The Hall–Kier alpha value is -1.76. The van der Waals surface area contributed by atoms with Gasteiger partial charge in [-0.3, -0.25) is 4.79 Å². The fourth-order valence-corrected chi connectivity index (χ4v) is 2.53. The number of rotatable bonds is 5. The second-order valence-corrected chi connectivity index (χ2v) is 5.43. The topological polar surface area (TPSA) is 63.9 Å². The molecule has 6 nitrogen and oxygen atoms in total. The summed E-state index contributed by atoms with van der Waals surface area (Å²) in [4.78, 5) is 18.1. The summed E-state index contributed by atoms with van der Waals surface area (Å²) in [5.74, 6) is 0.919. The van der Waals surface area contributed by atoms with Crippen LogP contribution in [0.25, 0.3) is 0 Å². The van der Waals surface area contributed by atoms with Crippen LogP contribution in [0.4, 0.5) is 0 Å². The summed E-state index contributed by atoms with van der Waals surface area (Å²) in [7, 11) is 3.68. The lowest BCUT2D eigenvalue weighted by Crippen LogP contribution is -2.26. The highest BCUT2D eigenvalue weighted by Crippen LogP contribution is 2.11. The molecule has 0 aromatic carbocycles. The largest absolute Gasteiger partial charge is 0.339 e. The van der Waals surface area contributed by atoms with E-state index in [0.717, 1.165) is 16.5 Å². The summed E-state index contributed by atoms with van der Waals surface area (Å²) in [6, 6.07) is 0. The van der Waals surface area contributed by atoms with E-state index >= 15 is 0 Å². The highest BCUT2D eigenvalue weighted by molar-refractivity contribution is 7.09. The molecule has 0 radical (unpaired) electrons. The van der Waals surface area contributed by atoms with E-state index in [2.05, 4.69) is 15.2 Å². The minimum Gasteiger partial charge on any atom is -0.339 e. The van der Waals surface area contributed by atoms with Gasteiger partial charge in [0.15, 0.2) is 0 Å². The molecule has 0 spiro atoms. The molecule has 0 saturated carbocycles. The number of hydrogen-bond acceptors (Lipinski definition) is 5. The van der Waals surface area contributed by atoms with E-state index in [1.807, 2.05) is 23.9 Å². The summed E-state index contributed by atoms with van der Waals surface area (Å²) in [5.41, 5.74) is 1.000. The lowest BCUT2D eigenvalue weighted by atomic mass is 10.2. The number of thiazole rings is 1. The molecule has 1 amide bonds. The van der Waals surface area contributed by atoms with Gasteiger partial charge in [-0.15, -0.1) is 21.5 Å². The molecule has 102 valence electrons. The predicted molar refractivity (Wildman–Crippen MR) is 72.6 cm³/mol. The van der Waals surface area contributed by atoms with Crippen molar-refractivity contribution >= 4 is 17.2 Å². The maximum absolute atomic E-state index is 12.0. The van der Waals surface area contributed by atoms with Crippen molar-refractivity contribution in [2.45, 2.75) is 26.3 Å². The number of aromatic nitrogens is 4. The van der Waals surface area contributed by atoms with Gasteiger partial charge in [-0.2, -0.15) is 0 Å². The van der Waals surface area contributed by atoms with Crippen LogP contribution in [-0.2, 0) is 24.8 Å². The van der Waals surface area contributed by atoms with Crippen LogP contribution in [0, 0.1) is 6.92 Å². The molecular formula is C12H17N5OS. The molecule has 0 aliphatic rings. The van der Waals surface area contributed by atoms with Crippen molar-refractivity contribution in [2.75, 3.05) is 7.05 Å². The molecule has 2 rings (SSSR count). The highest BCUT2D eigenvalue weighted by Gasteiger charge is 2.12. The predicted octanol–water partition coefficient (Wildman–Crippen LogP) is 1.17. The zero-order chi connectivity index (χ0) is 13.8. The Kier molecular flexibility index (Phi) is 4.26. The van der Waals surface area contributed by atoms with E-state index in [9.17, 15) is 4.79 Å². The standard InChI is InChI=1S/C12H17N5OS/c1-9-7-19-11(14-9)6-16(2)12(18)5-4-10-15-13-8-17(10)3/h7-8H,4-6H2,1-3H3. The monoisotopic (exact) mass is 279 g/mol. The summed E-state index contributed by atoms with van der Waals surface area (Å²) in [5, 5.41) is 10.7. The van der Waals surface area contributed by atoms with Crippen LogP contribution < -0.4 is 0 Å². The van der Waals surface area contributed by atoms with Crippen molar-refractivity contribution in [3.8, 4) is 0 Å². The Balaban J connectivity index is 1.84. The Morgan fingerprint density at radius 2 is 2.32 bits per heavy atom. The van der Waals surface area contributed by atoms with Crippen molar-refractivity contribution < 1.29 is 4.79 Å². The van der Waals surface area contributed by atoms with Gasteiger partial charge < -0.3 is 9.47 Å². The van der Waals surface area contributed by atoms with E-state index in [1.54, 1.807) is 29.6 Å².